The van der Waals surface area contributed by atoms with Crippen molar-refractivity contribution < 1.29 is 28.4 Å². The third-order valence-corrected chi connectivity index (χ3v) is 4.36. The number of carbonyl (C=O) groups is 3. The number of halogens is 1. The Morgan fingerprint density at radius 3 is 2.52 bits per heavy atom. The molecule has 1 aromatic carbocycles. The molecule has 0 fully saturated rings. The molecule has 0 aliphatic rings. The Hall–Kier alpha value is -2.88. The van der Waals surface area contributed by atoms with Crippen LogP contribution in [0, 0.1) is 19.7 Å². The zero-order valence-corrected chi connectivity index (χ0v) is 15.4. The second kappa shape index (κ2) is 9.17. The van der Waals surface area contributed by atoms with Crippen molar-refractivity contribution in [2.75, 3.05) is 16.8 Å². The molecule has 2 amide bonds. The highest BCUT2D eigenvalue weighted by molar-refractivity contribution is 8.00. The number of hydrogen-bond donors (Lipinski definition) is 3. The van der Waals surface area contributed by atoms with Gasteiger partial charge in [0, 0.05) is 6.07 Å². The van der Waals surface area contributed by atoms with Crippen molar-refractivity contribution in [3.8, 4) is 0 Å². The minimum absolute atomic E-state index is 0.0211. The predicted octanol–water partition coefficient (Wildman–Crippen LogP) is 2.04. The van der Waals surface area contributed by atoms with Crippen LogP contribution >= 0.6 is 11.8 Å². The SMILES string of the molecule is Cc1cc(NC(=O)CSCC(=O)NC(C(=O)O)c2ccc(F)c(C)c2)no1. The van der Waals surface area contributed by atoms with E-state index in [0.29, 0.717) is 5.76 Å². The highest BCUT2D eigenvalue weighted by Crippen LogP contribution is 2.17. The van der Waals surface area contributed by atoms with Crippen LogP contribution in [0.1, 0.15) is 22.9 Å². The minimum Gasteiger partial charge on any atom is -0.479 e. The van der Waals surface area contributed by atoms with Gasteiger partial charge in [-0.05, 0) is 31.0 Å². The van der Waals surface area contributed by atoms with E-state index in [1.54, 1.807) is 13.0 Å². The quantitative estimate of drug-likeness (QED) is 0.625. The van der Waals surface area contributed by atoms with Gasteiger partial charge in [-0.2, -0.15) is 0 Å². The lowest BCUT2D eigenvalue weighted by Gasteiger charge is -2.15. The molecule has 27 heavy (non-hydrogen) atoms. The summed E-state index contributed by atoms with van der Waals surface area (Å²) in [5.41, 5.74) is 0.543. The number of amides is 2. The molecule has 2 rings (SSSR count). The highest BCUT2D eigenvalue weighted by atomic mass is 32.2. The van der Waals surface area contributed by atoms with Crippen LogP contribution in [0.2, 0.25) is 0 Å². The standard InChI is InChI=1S/C17H18FN3O5S/c1-9-5-11(3-4-12(9)18)16(17(24)25)20-15(23)8-27-7-14(22)19-13-6-10(2)26-21-13/h3-6,16H,7-8H2,1-2H3,(H,20,23)(H,24,25)(H,19,21,22). The molecule has 0 saturated carbocycles. The van der Waals surface area contributed by atoms with Gasteiger partial charge >= 0.3 is 5.97 Å². The zero-order chi connectivity index (χ0) is 20.0. The molecule has 0 radical (unpaired) electrons. The zero-order valence-electron chi connectivity index (χ0n) is 14.6. The fourth-order valence-electron chi connectivity index (χ4n) is 2.18. The molecule has 0 saturated heterocycles. The summed E-state index contributed by atoms with van der Waals surface area (Å²) in [5.74, 6) is -1.96. The largest absolute Gasteiger partial charge is 0.479 e. The summed E-state index contributed by atoms with van der Waals surface area (Å²) in [5, 5.41) is 17.8. The third-order valence-electron chi connectivity index (χ3n) is 3.43. The normalized spacial score (nSPS) is 11.7. The van der Waals surface area contributed by atoms with Gasteiger partial charge in [0.15, 0.2) is 11.9 Å². The van der Waals surface area contributed by atoms with Crippen LogP contribution in [0.3, 0.4) is 0 Å². The van der Waals surface area contributed by atoms with Crippen LogP contribution in [-0.2, 0) is 14.4 Å². The van der Waals surface area contributed by atoms with Crippen molar-refractivity contribution in [1.29, 1.82) is 0 Å². The molecule has 0 bridgehead atoms. The lowest BCUT2D eigenvalue weighted by molar-refractivity contribution is -0.141. The molecule has 0 spiro atoms. The fraction of sp³-hybridized carbons (Fsp3) is 0.294. The first-order chi connectivity index (χ1) is 12.8. The smallest absolute Gasteiger partial charge is 0.330 e. The van der Waals surface area contributed by atoms with Gasteiger partial charge in [0.2, 0.25) is 11.8 Å². The maximum absolute atomic E-state index is 13.3. The summed E-state index contributed by atoms with van der Waals surface area (Å²) in [4.78, 5) is 35.2. The van der Waals surface area contributed by atoms with Crippen molar-refractivity contribution >= 4 is 35.4 Å². The second-order valence-electron chi connectivity index (χ2n) is 5.71. The number of nitrogens with zero attached hydrogens (tertiary/aromatic N) is 1. The number of aryl methyl sites for hydroxylation is 2. The maximum Gasteiger partial charge on any atom is 0.330 e. The molecule has 0 aliphatic heterocycles. The summed E-state index contributed by atoms with van der Waals surface area (Å²) in [6.07, 6.45) is 0. The molecule has 1 unspecified atom stereocenters. The van der Waals surface area contributed by atoms with E-state index in [9.17, 15) is 23.9 Å². The van der Waals surface area contributed by atoms with Crippen molar-refractivity contribution in [2.45, 2.75) is 19.9 Å². The molecule has 144 valence electrons. The first-order valence-electron chi connectivity index (χ1n) is 7.85. The number of anilines is 1. The average molecular weight is 395 g/mol. The lowest BCUT2D eigenvalue weighted by atomic mass is 10.0. The number of carbonyl (C=O) groups excluding carboxylic acids is 2. The molecule has 0 aliphatic carbocycles. The first kappa shape index (κ1) is 20.4. The molecule has 3 N–H and O–H groups in total. The van der Waals surface area contributed by atoms with Crippen LogP contribution < -0.4 is 10.6 Å². The summed E-state index contributed by atoms with van der Waals surface area (Å²) in [6.45, 7) is 3.19. The topological polar surface area (TPSA) is 122 Å². The van der Waals surface area contributed by atoms with Crippen LogP contribution in [0.5, 0.6) is 0 Å². The molecule has 2 aromatic rings. The van der Waals surface area contributed by atoms with Crippen molar-refractivity contribution in [1.82, 2.24) is 10.5 Å². The van der Waals surface area contributed by atoms with E-state index < -0.39 is 23.7 Å². The van der Waals surface area contributed by atoms with E-state index >= 15 is 0 Å². The van der Waals surface area contributed by atoms with Gasteiger partial charge in [-0.15, -0.1) is 11.8 Å². The van der Waals surface area contributed by atoms with Crippen LogP contribution in [-0.4, -0.2) is 39.6 Å². The number of aromatic nitrogens is 1. The molecule has 1 aromatic heterocycles. The molecule has 1 heterocycles. The molecule has 10 heteroatoms. The van der Waals surface area contributed by atoms with Gasteiger partial charge in [0.25, 0.3) is 0 Å². The van der Waals surface area contributed by atoms with Crippen LogP contribution in [0.4, 0.5) is 10.2 Å². The van der Waals surface area contributed by atoms with E-state index in [2.05, 4.69) is 15.8 Å². The van der Waals surface area contributed by atoms with E-state index in [4.69, 9.17) is 4.52 Å². The summed E-state index contributed by atoms with van der Waals surface area (Å²) in [7, 11) is 0. The number of thioether (sulfide) groups is 1. The van der Waals surface area contributed by atoms with Crippen molar-refractivity contribution in [3.05, 3.63) is 47.0 Å². The Kier molecular flexibility index (Phi) is 6.94. The Morgan fingerprint density at radius 2 is 1.93 bits per heavy atom. The fourth-order valence-corrected chi connectivity index (χ4v) is 2.81. The summed E-state index contributed by atoms with van der Waals surface area (Å²) in [6, 6.07) is 4.08. The maximum atomic E-state index is 13.3. The van der Waals surface area contributed by atoms with E-state index in [-0.39, 0.29) is 34.4 Å². The Labute approximate surface area is 158 Å². The third kappa shape index (κ3) is 6.10. The Morgan fingerprint density at radius 1 is 1.22 bits per heavy atom. The van der Waals surface area contributed by atoms with Gasteiger partial charge in [-0.3, -0.25) is 9.59 Å². The Bertz CT molecular complexity index is 855. The molecule has 1 atom stereocenters. The molecular weight excluding hydrogens is 377 g/mol. The van der Waals surface area contributed by atoms with Gasteiger partial charge in [0.05, 0.1) is 11.5 Å². The van der Waals surface area contributed by atoms with Crippen molar-refractivity contribution in [2.24, 2.45) is 0 Å². The molecule has 8 nitrogen and oxygen atoms in total. The average Bonchev–Trinajstić information content (AvgIpc) is 2.99. The number of aliphatic carboxylic acids is 1. The number of nitrogens with one attached hydrogen (secondary N) is 2. The van der Waals surface area contributed by atoms with Gasteiger partial charge < -0.3 is 20.3 Å². The first-order valence-corrected chi connectivity index (χ1v) is 9.01. The predicted molar refractivity (Wildman–Crippen MR) is 96.9 cm³/mol. The van der Waals surface area contributed by atoms with E-state index in [1.807, 2.05) is 0 Å². The van der Waals surface area contributed by atoms with E-state index in [1.165, 1.54) is 19.1 Å². The number of rotatable bonds is 8. The summed E-state index contributed by atoms with van der Waals surface area (Å²) < 4.78 is 18.2. The Balaban J connectivity index is 1.84. The lowest BCUT2D eigenvalue weighted by Crippen LogP contribution is -2.35. The number of hydrogen-bond acceptors (Lipinski definition) is 6. The van der Waals surface area contributed by atoms with Crippen molar-refractivity contribution in [3.63, 3.8) is 0 Å². The van der Waals surface area contributed by atoms with Gasteiger partial charge in [0.1, 0.15) is 11.6 Å². The minimum atomic E-state index is -1.30. The second-order valence-corrected chi connectivity index (χ2v) is 6.70. The van der Waals surface area contributed by atoms with Gasteiger partial charge in [-0.1, -0.05) is 17.3 Å². The van der Waals surface area contributed by atoms with Gasteiger partial charge in [-0.25, -0.2) is 9.18 Å². The van der Waals surface area contributed by atoms with E-state index in [0.717, 1.165) is 17.8 Å². The highest BCUT2D eigenvalue weighted by Gasteiger charge is 2.22. The summed E-state index contributed by atoms with van der Waals surface area (Å²) >= 11 is 1.01. The number of carboxylic acids is 1. The van der Waals surface area contributed by atoms with Crippen LogP contribution in [0.25, 0.3) is 0 Å². The number of carboxylic acid groups (broad SMARTS) is 1. The molecular formula is C17H18FN3O5S. The number of benzene rings is 1. The monoisotopic (exact) mass is 395 g/mol. The van der Waals surface area contributed by atoms with Crippen LogP contribution in [0.15, 0.2) is 28.8 Å².